The minimum atomic E-state index is -2.57. The summed E-state index contributed by atoms with van der Waals surface area (Å²) in [5.74, 6) is -3.21. The molecule has 8 nitrogen and oxygen atoms in total. The molecule has 0 spiro atoms. The number of alkyl halides is 4. The Morgan fingerprint density at radius 2 is 1.20 bits per heavy atom. The van der Waals surface area contributed by atoms with E-state index in [1.807, 2.05) is 63.4 Å². The third kappa shape index (κ3) is 10.4. The predicted octanol–water partition coefficient (Wildman–Crippen LogP) is 10.4. The van der Waals surface area contributed by atoms with Crippen LogP contribution in [0.4, 0.5) is 17.6 Å². The first-order chi connectivity index (χ1) is 25.6. The van der Waals surface area contributed by atoms with Crippen LogP contribution in [0, 0.1) is 6.92 Å². The zero-order valence-corrected chi connectivity index (χ0v) is 36.4. The highest BCUT2D eigenvalue weighted by Crippen LogP contribution is 2.43. The molecule has 2 aromatic carbocycles. The van der Waals surface area contributed by atoms with Crippen molar-refractivity contribution < 1.29 is 27.0 Å². The van der Waals surface area contributed by atoms with Crippen LogP contribution in [0.1, 0.15) is 94.3 Å². The summed E-state index contributed by atoms with van der Waals surface area (Å²) in [7, 11) is 5.10. The minimum absolute atomic E-state index is 0. The molecule has 0 radical (unpaired) electrons. The summed E-state index contributed by atoms with van der Waals surface area (Å²) in [5.41, 5.74) is 6.35. The molecule has 3 heterocycles. The van der Waals surface area contributed by atoms with Gasteiger partial charge < -0.3 is 23.2 Å². The number of rotatable bonds is 9. The van der Waals surface area contributed by atoms with E-state index in [4.69, 9.17) is 19.4 Å². The molecule has 3 aromatic heterocycles. The number of benzene rings is 2. The first-order valence-electron chi connectivity index (χ1n) is 18.7. The SMILES string of the molecule is CO[C@@H](C)Cn1c(C2CCC(F)(F)CC2)nc2ccc(-c3cc(C)c(=O)n(C)c3)cc21.CO[C@@H](C)Cn1c(C2CCC(F)(F)CC2)nc2ccc(Br)cc21.S.S. The summed E-state index contributed by atoms with van der Waals surface area (Å²) < 4.78 is 72.1. The summed E-state index contributed by atoms with van der Waals surface area (Å²) >= 11 is 3.50. The molecule has 7 rings (SSSR count). The van der Waals surface area contributed by atoms with E-state index in [2.05, 4.69) is 31.1 Å². The third-order valence-corrected chi connectivity index (χ3v) is 11.6. The molecule has 0 amide bonds. The largest absolute Gasteiger partial charge is 0.380 e. The molecule has 0 bridgehead atoms. The van der Waals surface area contributed by atoms with Gasteiger partial charge in [0.05, 0.1) is 47.4 Å². The molecule has 2 atom stereocenters. The fourth-order valence-electron chi connectivity index (χ4n) is 7.74. The highest BCUT2D eigenvalue weighted by atomic mass is 79.9. The number of aromatic nitrogens is 5. The van der Waals surface area contributed by atoms with Crippen molar-refractivity contribution in [2.24, 2.45) is 7.05 Å². The number of aryl methyl sites for hydroxylation is 2. The molecule has 5 aromatic rings. The Hall–Kier alpha value is -2.85. The van der Waals surface area contributed by atoms with Crippen molar-refractivity contribution in [3.8, 4) is 11.1 Å². The average molecular weight is 885 g/mol. The van der Waals surface area contributed by atoms with Crippen molar-refractivity contribution in [2.45, 2.75) is 121 Å². The molecule has 15 heteroatoms. The van der Waals surface area contributed by atoms with E-state index >= 15 is 0 Å². The average Bonchev–Trinajstić information content (AvgIpc) is 3.67. The van der Waals surface area contributed by atoms with Gasteiger partial charge in [-0.1, -0.05) is 22.0 Å². The van der Waals surface area contributed by atoms with Crippen molar-refractivity contribution in [1.29, 1.82) is 0 Å². The van der Waals surface area contributed by atoms with Gasteiger partial charge in [-0.25, -0.2) is 27.5 Å². The maximum Gasteiger partial charge on any atom is 0.253 e. The van der Waals surface area contributed by atoms with Gasteiger partial charge in [-0.3, -0.25) is 4.79 Å². The zero-order chi connectivity index (χ0) is 38.9. The summed E-state index contributed by atoms with van der Waals surface area (Å²) in [5, 5.41) is 0. The second-order valence-corrected chi connectivity index (χ2v) is 16.1. The van der Waals surface area contributed by atoms with Crippen molar-refractivity contribution in [3.05, 3.63) is 80.7 Å². The van der Waals surface area contributed by atoms with Crippen molar-refractivity contribution in [2.75, 3.05) is 14.2 Å². The molecule has 56 heavy (non-hydrogen) atoms. The normalized spacial score (nSPS) is 18.1. The number of pyridine rings is 1. The quantitative estimate of drug-likeness (QED) is 0.138. The summed E-state index contributed by atoms with van der Waals surface area (Å²) in [6.45, 7) is 7.08. The van der Waals surface area contributed by atoms with Crippen LogP contribution in [0.3, 0.4) is 0 Å². The molecule has 308 valence electrons. The van der Waals surface area contributed by atoms with Gasteiger partial charge >= 0.3 is 0 Å². The molecule has 0 N–H and O–H groups in total. The van der Waals surface area contributed by atoms with E-state index in [-0.39, 0.29) is 82.3 Å². The van der Waals surface area contributed by atoms with Crippen LogP contribution in [-0.4, -0.2) is 61.9 Å². The Balaban J connectivity index is 0.000000250. The fourth-order valence-corrected chi connectivity index (χ4v) is 8.09. The van der Waals surface area contributed by atoms with E-state index in [0.29, 0.717) is 44.3 Å². The van der Waals surface area contributed by atoms with Gasteiger partial charge in [0.1, 0.15) is 11.6 Å². The van der Waals surface area contributed by atoms with Gasteiger partial charge in [-0.05, 0) is 94.0 Å². The third-order valence-electron chi connectivity index (χ3n) is 11.1. The summed E-state index contributed by atoms with van der Waals surface area (Å²) in [4.78, 5) is 21.7. The molecule has 2 aliphatic rings. The second kappa shape index (κ2) is 18.8. The topological polar surface area (TPSA) is 76.1 Å². The first-order valence-corrected chi connectivity index (χ1v) is 19.5. The van der Waals surface area contributed by atoms with Gasteiger partial charge in [0.15, 0.2) is 0 Å². The van der Waals surface area contributed by atoms with Crippen LogP contribution in [-0.2, 0) is 29.6 Å². The van der Waals surface area contributed by atoms with Crippen LogP contribution in [0.25, 0.3) is 33.2 Å². The van der Waals surface area contributed by atoms with Crippen LogP contribution in [0.5, 0.6) is 0 Å². The smallest absolute Gasteiger partial charge is 0.253 e. The maximum atomic E-state index is 13.7. The van der Waals surface area contributed by atoms with E-state index in [9.17, 15) is 22.4 Å². The Morgan fingerprint density at radius 1 is 0.750 bits per heavy atom. The van der Waals surface area contributed by atoms with E-state index in [1.165, 1.54) is 0 Å². The standard InChI is InChI=1S/C24H29F2N3O2.C17H21BrF2N2O.2H2S/c1-15-11-19(14-28(3)23(15)30)18-5-6-20-21(12-18)29(13-16(2)31-4)22(27-20)17-7-9-24(25,26)10-8-17;1-11(23-2)10-22-15-9-13(18)3-4-14(15)21-16(22)12-5-7-17(19,20)8-6-12;;/h5-6,11-12,14,16-17H,7-10,13H2,1-4H3;3-4,9,11-12H,5-8,10H2,1-2H3;2*1H2/t16-;11-;;/m00../s1. The molecular formula is C41H54BrF4N5O3S2. The summed E-state index contributed by atoms with van der Waals surface area (Å²) in [6.07, 6.45) is 3.38. The molecule has 0 aliphatic heterocycles. The molecular weight excluding hydrogens is 831 g/mol. The lowest BCUT2D eigenvalue weighted by molar-refractivity contribution is -0.0396. The van der Waals surface area contributed by atoms with Gasteiger partial charge in [0.25, 0.3) is 5.56 Å². The maximum absolute atomic E-state index is 13.7. The highest BCUT2D eigenvalue weighted by molar-refractivity contribution is 9.10. The Labute approximate surface area is 348 Å². The number of ether oxygens (including phenoxy) is 2. The van der Waals surface area contributed by atoms with Crippen molar-refractivity contribution in [3.63, 3.8) is 0 Å². The fraction of sp³-hybridized carbons (Fsp3) is 0.537. The zero-order valence-electron chi connectivity index (χ0n) is 32.8. The number of fused-ring (bicyclic) bond motifs is 2. The van der Waals surface area contributed by atoms with Crippen molar-refractivity contribution in [1.82, 2.24) is 23.7 Å². The number of nitrogens with zero attached hydrogens (tertiary/aromatic N) is 5. The minimum Gasteiger partial charge on any atom is -0.380 e. The lowest BCUT2D eigenvalue weighted by atomic mass is 9.86. The van der Waals surface area contributed by atoms with E-state index < -0.39 is 11.8 Å². The Morgan fingerprint density at radius 3 is 1.64 bits per heavy atom. The number of hydrogen-bond acceptors (Lipinski definition) is 5. The Kier molecular flexibility index (Phi) is 15.4. The van der Waals surface area contributed by atoms with Crippen molar-refractivity contribution >= 4 is 65.0 Å². The van der Waals surface area contributed by atoms with Gasteiger partial charge in [0, 0.05) is 75.0 Å². The number of methoxy groups -OCH3 is 2. The van der Waals surface area contributed by atoms with Crippen LogP contribution in [0.15, 0.2) is 57.9 Å². The highest BCUT2D eigenvalue weighted by Gasteiger charge is 2.38. The van der Waals surface area contributed by atoms with Gasteiger partial charge in [0.2, 0.25) is 11.8 Å². The second-order valence-electron chi connectivity index (χ2n) is 15.2. The Bertz CT molecular complexity index is 2130. The summed E-state index contributed by atoms with van der Waals surface area (Å²) in [6, 6.07) is 13.9. The van der Waals surface area contributed by atoms with Gasteiger partial charge in [-0.15, -0.1) is 0 Å². The molecule has 0 saturated heterocycles. The molecule has 2 fully saturated rings. The monoisotopic (exact) mass is 883 g/mol. The number of imidazole rings is 2. The molecule has 2 saturated carbocycles. The predicted molar refractivity (Wildman–Crippen MR) is 229 cm³/mol. The van der Waals surface area contributed by atoms with E-state index in [0.717, 1.165) is 49.3 Å². The van der Waals surface area contributed by atoms with Crippen LogP contribution < -0.4 is 5.56 Å². The first kappa shape index (κ1) is 45.8. The van der Waals surface area contributed by atoms with Gasteiger partial charge in [-0.2, -0.15) is 27.0 Å². The lowest BCUT2D eigenvalue weighted by Crippen LogP contribution is -2.26. The molecule has 0 unspecified atom stereocenters. The van der Waals surface area contributed by atoms with Crippen LogP contribution in [0.2, 0.25) is 0 Å². The lowest BCUT2D eigenvalue weighted by Gasteiger charge is -2.28. The van der Waals surface area contributed by atoms with E-state index in [1.54, 1.807) is 25.8 Å². The number of halogens is 5. The number of hydrogen-bond donors (Lipinski definition) is 0. The van der Waals surface area contributed by atoms with Crippen LogP contribution >= 0.6 is 42.9 Å². The molecule has 2 aliphatic carbocycles.